The van der Waals surface area contributed by atoms with Crippen LogP contribution in [0.3, 0.4) is 0 Å². The highest BCUT2D eigenvalue weighted by atomic mass is 35.5. The molecular formula is C18H15ClF3N3O2. The fourth-order valence-electron chi connectivity index (χ4n) is 2.86. The van der Waals surface area contributed by atoms with Crippen LogP contribution >= 0.6 is 11.6 Å². The summed E-state index contributed by atoms with van der Waals surface area (Å²) in [6.45, 7) is 0.217. The molecule has 1 atom stereocenters. The molecule has 0 radical (unpaired) electrons. The number of nitrogens with zero attached hydrogens (tertiary/aromatic N) is 1. The fraction of sp³-hybridized carbons (Fsp3) is 0.222. The van der Waals surface area contributed by atoms with Crippen LogP contribution in [0.2, 0.25) is 5.02 Å². The summed E-state index contributed by atoms with van der Waals surface area (Å²) < 4.78 is 39.0. The van der Waals surface area contributed by atoms with Crippen LogP contribution in [0.5, 0.6) is 0 Å². The van der Waals surface area contributed by atoms with E-state index in [0.717, 1.165) is 6.07 Å². The van der Waals surface area contributed by atoms with Crippen molar-refractivity contribution in [2.45, 2.75) is 18.6 Å². The van der Waals surface area contributed by atoms with Crippen LogP contribution in [0.25, 0.3) is 0 Å². The smallest absolute Gasteiger partial charge is 0.333 e. The van der Waals surface area contributed by atoms with Crippen molar-refractivity contribution in [3.63, 3.8) is 0 Å². The van der Waals surface area contributed by atoms with Crippen molar-refractivity contribution in [2.24, 2.45) is 0 Å². The lowest BCUT2D eigenvalue weighted by Gasteiger charge is -2.18. The molecule has 0 saturated carbocycles. The van der Waals surface area contributed by atoms with Gasteiger partial charge in [0.05, 0.1) is 17.3 Å². The van der Waals surface area contributed by atoms with E-state index in [2.05, 4.69) is 10.6 Å². The molecule has 5 nitrogen and oxygen atoms in total. The van der Waals surface area contributed by atoms with Crippen molar-refractivity contribution >= 4 is 34.9 Å². The van der Waals surface area contributed by atoms with E-state index in [1.165, 1.54) is 23.1 Å². The maximum absolute atomic E-state index is 13.0. The minimum absolute atomic E-state index is 0.0525. The summed E-state index contributed by atoms with van der Waals surface area (Å²) in [7, 11) is 0. The summed E-state index contributed by atoms with van der Waals surface area (Å²) >= 11 is 5.83. The summed E-state index contributed by atoms with van der Waals surface area (Å²) in [4.78, 5) is 25.8. The lowest BCUT2D eigenvalue weighted by atomic mass is 10.1. The Kier molecular flexibility index (Phi) is 5.27. The summed E-state index contributed by atoms with van der Waals surface area (Å²) in [5.41, 5.74) is -0.650. The Balaban J connectivity index is 1.64. The summed E-state index contributed by atoms with van der Waals surface area (Å²) in [5.74, 6) is -0.196. The number of anilines is 2. The Labute approximate surface area is 158 Å². The molecule has 3 amide bonds. The van der Waals surface area contributed by atoms with E-state index >= 15 is 0 Å². The molecule has 0 spiro atoms. The van der Waals surface area contributed by atoms with Crippen LogP contribution in [0, 0.1) is 0 Å². The minimum Gasteiger partial charge on any atom is -0.333 e. The first-order valence-corrected chi connectivity index (χ1v) is 8.41. The maximum Gasteiger partial charge on any atom is 0.418 e. The van der Waals surface area contributed by atoms with E-state index in [0.29, 0.717) is 10.7 Å². The molecule has 0 aliphatic carbocycles. The highest BCUT2D eigenvalue weighted by Gasteiger charge is 2.35. The molecule has 9 heteroatoms. The number of amides is 3. The van der Waals surface area contributed by atoms with Gasteiger partial charge >= 0.3 is 12.2 Å². The van der Waals surface area contributed by atoms with E-state index in [4.69, 9.17) is 11.6 Å². The molecule has 2 aromatic carbocycles. The third-order valence-electron chi connectivity index (χ3n) is 4.08. The molecule has 1 saturated heterocycles. The van der Waals surface area contributed by atoms with Crippen molar-refractivity contribution < 1.29 is 22.8 Å². The van der Waals surface area contributed by atoms with Gasteiger partial charge in [-0.2, -0.15) is 13.2 Å². The second-order valence-electron chi connectivity index (χ2n) is 6.02. The number of alkyl halides is 3. The van der Waals surface area contributed by atoms with Gasteiger partial charge in [0.2, 0.25) is 5.91 Å². The number of carbonyl (C=O) groups is 2. The Morgan fingerprint density at radius 3 is 2.44 bits per heavy atom. The predicted molar refractivity (Wildman–Crippen MR) is 95.8 cm³/mol. The van der Waals surface area contributed by atoms with Crippen LogP contribution in [-0.2, 0) is 11.0 Å². The Morgan fingerprint density at radius 2 is 1.78 bits per heavy atom. The van der Waals surface area contributed by atoms with Crippen LogP contribution in [-0.4, -0.2) is 24.5 Å². The highest BCUT2D eigenvalue weighted by molar-refractivity contribution is 6.30. The normalized spacial score (nSPS) is 17.1. The molecule has 0 aromatic heterocycles. The second-order valence-corrected chi connectivity index (χ2v) is 6.46. The van der Waals surface area contributed by atoms with Gasteiger partial charge in [-0.1, -0.05) is 23.7 Å². The average Bonchev–Trinajstić information content (AvgIpc) is 2.95. The molecule has 0 bridgehead atoms. The maximum atomic E-state index is 13.0. The first-order chi connectivity index (χ1) is 12.7. The molecule has 27 heavy (non-hydrogen) atoms. The van der Waals surface area contributed by atoms with Gasteiger partial charge < -0.3 is 15.5 Å². The van der Waals surface area contributed by atoms with E-state index in [9.17, 15) is 22.8 Å². The monoisotopic (exact) mass is 397 g/mol. The Morgan fingerprint density at radius 1 is 1.11 bits per heavy atom. The number of nitrogens with one attached hydrogen (secondary N) is 2. The molecule has 1 fully saturated rings. The topological polar surface area (TPSA) is 61.4 Å². The number of urea groups is 1. The van der Waals surface area contributed by atoms with Crippen molar-refractivity contribution in [2.75, 3.05) is 16.8 Å². The zero-order chi connectivity index (χ0) is 19.6. The fourth-order valence-corrected chi connectivity index (χ4v) is 2.98. The van der Waals surface area contributed by atoms with Crippen molar-refractivity contribution in [3.05, 3.63) is 59.1 Å². The summed E-state index contributed by atoms with van der Waals surface area (Å²) in [6.07, 6.45) is -4.53. The third-order valence-corrected chi connectivity index (χ3v) is 4.33. The second kappa shape index (κ2) is 7.48. The molecule has 1 aliphatic heterocycles. The first kappa shape index (κ1) is 19.0. The van der Waals surface area contributed by atoms with E-state index in [-0.39, 0.29) is 24.6 Å². The summed E-state index contributed by atoms with van der Waals surface area (Å²) in [6, 6.07) is 10.0. The van der Waals surface area contributed by atoms with Crippen molar-refractivity contribution in [3.8, 4) is 0 Å². The minimum atomic E-state index is -4.58. The summed E-state index contributed by atoms with van der Waals surface area (Å²) in [5, 5.41) is 5.28. The number of benzene rings is 2. The van der Waals surface area contributed by atoms with Crippen molar-refractivity contribution in [1.29, 1.82) is 0 Å². The van der Waals surface area contributed by atoms with Gasteiger partial charge in [-0.15, -0.1) is 0 Å². The third kappa shape index (κ3) is 4.51. The number of carbonyl (C=O) groups excluding carboxylic acids is 2. The standard InChI is InChI=1S/C18H15ClF3N3O2/c19-11-5-7-13(8-6-11)25-10-12(9-16(25)26)23-17(27)24-15-4-2-1-3-14(15)18(20,21)22/h1-8,12H,9-10H2,(H2,23,24,27). The lowest BCUT2D eigenvalue weighted by Crippen LogP contribution is -2.40. The largest absolute Gasteiger partial charge is 0.418 e. The average molecular weight is 398 g/mol. The highest BCUT2D eigenvalue weighted by Crippen LogP contribution is 2.34. The first-order valence-electron chi connectivity index (χ1n) is 8.04. The predicted octanol–water partition coefficient (Wildman–Crippen LogP) is 4.29. The Hall–Kier alpha value is -2.74. The van der Waals surface area contributed by atoms with E-state index in [1.54, 1.807) is 24.3 Å². The van der Waals surface area contributed by atoms with Gasteiger partial charge in [0.1, 0.15) is 0 Å². The number of para-hydroxylation sites is 1. The van der Waals surface area contributed by atoms with Gasteiger partial charge in [-0.05, 0) is 36.4 Å². The number of hydrogen-bond donors (Lipinski definition) is 2. The van der Waals surface area contributed by atoms with E-state index in [1.807, 2.05) is 0 Å². The molecule has 2 aromatic rings. The lowest BCUT2D eigenvalue weighted by molar-refractivity contribution is -0.136. The Bertz CT molecular complexity index is 856. The molecule has 1 unspecified atom stereocenters. The van der Waals surface area contributed by atoms with Crippen LogP contribution in [0.4, 0.5) is 29.3 Å². The van der Waals surface area contributed by atoms with Gasteiger partial charge in [0, 0.05) is 23.7 Å². The molecule has 2 N–H and O–H groups in total. The van der Waals surface area contributed by atoms with Crippen LogP contribution < -0.4 is 15.5 Å². The van der Waals surface area contributed by atoms with E-state index < -0.39 is 23.8 Å². The molecule has 1 aliphatic rings. The van der Waals surface area contributed by atoms with Gasteiger partial charge in [0.25, 0.3) is 0 Å². The number of hydrogen-bond acceptors (Lipinski definition) is 2. The molecule has 3 rings (SSSR count). The number of rotatable bonds is 3. The van der Waals surface area contributed by atoms with Gasteiger partial charge in [-0.25, -0.2) is 4.79 Å². The van der Waals surface area contributed by atoms with Crippen LogP contribution in [0.15, 0.2) is 48.5 Å². The van der Waals surface area contributed by atoms with Gasteiger partial charge in [0.15, 0.2) is 0 Å². The quantitative estimate of drug-likeness (QED) is 0.811. The zero-order valence-corrected chi connectivity index (χ0v) is 14.6. The molecule has 142 valence electrons. The molecule has 1 heterocycles. The van der Waals surface area contributed by atoms with Crippen LogP contribution in [0.1, 0.15) is 12.0 Å². The van der Waals surface area contributed by atoms with Gasteiger partial charge in [-0.3, -0.25) is 4.79 Å². The number of halogens is 4. The van der Waals surface area contributed by atoms with Crippen molar-refractivity contribution in [1.82, 2.24) is 5.32 Å². The molecular weight excluding hydrogens is 383 g/mol. The SMILES string of the molecule is O=C(Nc1ccccc1C(F)(F)F)NC1CC(=O)N(c2ccc(Cl)cc2)C1. The zero-order valence-electron chi connectivity index (χ0n) is 13.9.